The van der Waals surface area contributed by atoms with Gasteiger partial charge < -0.3 is 24.4 Å². The third-order valence-corrected chi connectivity index (χ3v) is 4.90. The Bertz CT molecular complexity index is 723. The fraction of sp³-hybridized carbons (Fsp3) is 0.294. The molecule has 2 aromatic carbocycles. The first-order valence-electron chi connectivity index (χ1n) is 8.31. The molecule has 2 heterocycles. The molecule has 3 aliphatic rings. The van der Waals surface area contributed by atoms with Gasteiger partial charge in [0.1, 0.15) is 0 Å². The van der Waals surface area contributed by atoms with Crippen LogP contribution in [-0.2, 0) is 18.6 Å². The van der Waals surface area contributed by atoms with Crippen LogP contribution in [0.2, 0.25) is 0 Å². The summed E-state index contributed by atoms with van der Waals surface area (Å²) >= 11 is 0. The Balaban J connectivity index is 1.52. The van der Waals surface area contributed by atoms with Crippen molar-refractivity contribution in [3.8, 4) is 11.1 Å². The molecule has 0 unspecified atom stereocenters. The Labute approximate surface area is 141 Å². The molecule has 120 valence electrons. The third kappa shape index (κ3) is 2.24. The maximum atomic E-state index is 6.53. The van der Waals surface area contributed by atoms with Gasteiger partial charge in [-0.05, 0) is 33.2 Å². The summed E-state index contributed by atoms with van der Waals surface area (Å²) in [6, 6.07) is 12.4. The quantitative estimate of drug-likeness (QED) is 0.801. The van der Waals surface area contributed by atoms with Crippen molar-refractivity contribution >= 4 is 25.2 Å². The topological polar surface area (TPSA) is 62.9 Å². The van der Waals surface area contributed by atoms with Gasteiger partial charge in [-0.15, -0.1) is 0 Å². The Hall–Kier alpha value is -1.63. The molecule has 2 aliphatic heterocycles. The molecule has 2 aromatic rings. The predicted molar refractivity (Wildman–Crippen MR) is 92.5 cm³/mol. The summed E-state index contributed by atoms with van der Waals surface area (Å²) < 4.78 is 22.4. The molecule has 24 heavy (non-hydrogen) atoms. The first-order chi connectivity index (χ1) is 11.8. The summed E-state index contributed by atoms with van der Waals surface area (Å²) in [5.41, 5.74) is 13.2. The first kappa shape index (κ1) is 14.7. The van der Waals surface area contributed by atoms with Crippen LogP contribution < -0.4 is 16.7 Å². The van der Waals surface area contributed by atoms with E-state index < -0.39 is 0 Å². The highest BCUT2D eigenvalue weighted by Gasteiger charge is 2.33. The second-order valence-corrected chi connectivity index (χ2v) is 6.32. The van der Waals surface area contributed by atoms with Gasteiger partial charge >= 0.3 is 14.2 Å². The fourth-order valence-corrected chi connectivity index (χ4v) is 3.73. The molecule has 0 amide bonds. The van der Waals surface area contributed by atoms with E-state index in [1.165, 1.54) is 11.1 Å². The van der Waals surface area contributed by atoms with Crippen LogP contribution in [0.4, 0.5) is 0 Å². The average molecular weight is 321 g/mol. The van der Waals surface area contributed by atoms with E-state index in [2.05, 4.69) is 36.4 Å². The van der Waals surface area contributed by atoms with Gasteiger partial charge in [0.25, 0.3) is 0 Å². The molecular formula is C17H17B2NO4. The van der Waals surface area contributed by atoms with Crippen molar-refractivity contribution in [2.75, 3.05) is 26.4 Å². The van der Waals surface area contributed by atoms with Crippen LogP contribution in [0.1, 0.15) is 17.2 Å². The minimum absolute atomic E-state index is 0.155. The smallest absolute Gasteiger partial charge is 0.405 e. The van der Waals surface area contributed by atoms with Crippen LogP contribution in [0, 0.1) is 0 Å². The molecule has 1 aliphatic carbocycles. The van der Waals surface area contributed by atoms with Crippen LogP contribution in [-0.4, -0.2) is 40.7 Å². The summed E-state index contributed by atoms with van der Waals surface area (Å²) in [5, 5.41) is 0. The van der Waals surface area contributed by atoms with E-state index >= 15 is 0 Å². The molecule has 2 N–H and O–H groups in total. The molecule has 0 aromatic heterocycles. The van der Waals surface area contributed by atoms with Crippen molar-refractivity contribution in [3.63, 3.8) is 0 Å². The van der Waals surface area contributed by atoms with Gasteiger partial charge in [0.15, 0.2) is 0 Å². The summed E-state index contributed by atoms with van der Waals surface area (Å²) in [7, 11) is -0.552. The summed E-state index contributed by atoms with van der Waals surface area (Å²) in [6.07, 6.45) is 0. The van der Waals surface area contributed by atoms with E-state index in [0.717, 1.165) is 22.1 Å². The number of rotatable bonds is 2. The van der Waals surface area contributed by atoms with Gasteiger partial charge in [0.05, 0.1) is 32.5 Å². The van der Waals surface area contributed by atoms with Crippen LogP contribution in [0.15, 0.2) is 36.4 Å². The molecule has 0 spiro atoms. The molecule has 0 bridgehead atoms. The van der Waals surface area contributed by atoms with Crippen molar-refractivity contribution in [2.45, 2.75) is 6.04 Å². The van der Waals surface area contributed by atoms with E-state index in [-0.39, 0.29) is 20.3 Å². The maximum Gasteiger partial charge on any atom is 0.494 e. The maximum absolute atomic E-state index is 6.53. The van der Waals surface area contributed by atoms with Crippen LogP contribution >= 0.6 is 0 Å². The zero-order chi connectivity index (χ0) is 16.1. The Morgan fingerprint density at radius 1 is 0.708 bits per heavy atom. The minimum Gasteiger partial charge on any atom is -0.405 e. The lowest BCUT2D eigenvalue weighted by Gasteiger charge is -2.11. The molecule has 0 radical (unpaired) electrons. The highest BCUT2D eigenvalue weighted by Crippen LogP contribution is 2.41. The lowest BCUT2D eigenvalue weighted by molar-refractivity contribution is 0.365. The summed E-state index contributed by atoms with van der Waals surface area (Å²) in [6.45, 7) is 2.55. The molecule has 5 nitrogen and oxygen atoms in total. The first-order valence-corrected chi connectivity index (χ1v) is 8.31. The fourth-order valence-electron chi connectivity index (χ4n) is 3.73. The average Bonchev–Trinajstić information content (AvgIpc) is 3.36. The Morgan fingerprint density at radius 3 is 1.54 bits per heavy atom. The molecule has 5 rings (SSSR count). The molecule has 7 heteroatoms. The zero-order valence-corrected chi connectivity index (χ0v) is 13.2. The predicted octanol–water partition coefficient (Wildman–Crippen LogP) is 0.199. The highest BCUT2D eigenvalue weighted by atomic mass is 16.6. The van der Waals surface area contributed by atoms with E-state index in [1.54, 1.807) is 0 Å². The lowest BCUT2D eigenvalue weighted by Crippen LogP contribution is -2.32. The molecule has 0 atom stereocenters. The van der Waals surface area contributed by atoms with Gasteiger partial charge in [-0.1, -0.05) is 36.4 Å². The van der Waals surface area contributed by atoms with Gasteiger partial charge in [-0.25, -0.2) is 0 Å². The molecule has 2 saturated heterocycles. The van der Waals surface area contributed by atoms with E-state index in [0.29, 0.717) is 26.4 Å². The number of hydrogen-bond donors (Lipinski definition) is 1. The van der Waals surface area contributed by atoms with Gasteiger partial charge in [0.2, 0.25) is 0 Å². The number of fused-ring (bicyclic) bond motifs is 3. The Kier molecular flexibility index (Phi) is 3.50. The summed E-state index contributed by atoms with van der Waals surface area (Å²) in [5.74, 6) is 0. The van der Waals surface area contributed by atoms with Gasteiger partial charge in [0, 0.05) is 0 Å². The van der Waals surface area contributed by atoms with Crippen molar-refractivity contribution in [3.05, 3.63) is 47.5 Å². The van der Waals surface area contributed by atoms with Crippen molar-refractivity contribution in [2.24, 2.45) is 5.73 Å². The van der Waals surface area contributed by atoms with E-state index in [4.69, 9.17) is 24.4 Å². The van der Waals surface area contributed by atoms with Crippen molar-refractivity contribution in [1.29, 1.82) is 0 Å². The number of benzene rings is 2. The second kappa shape index (κ2) is 5.72. The van der Waals surface area contributed by atoms with Gasteiger partial charge in [-0.3, -0.25) is 0 Å². The van der Waals surface area contributed by atoms with Crippen LogP contribution in [0.3, 0.4) is 0 Å². The van der Waals surface area contributed by atoms with Gasteiger partial charge in [-0.2, -0.15) is 0 Å². The van der Waals surface area contributed by atoms with Crippen molar-refractivity contribution in [1.82, 2.24) is 0 Å². The lowest BCUT2D eigenvalue weighted by atomic mass is 9.78. The van der Waals surface area contributed by atoms with E-state index in [9.17, 15) is 0 Å². The number of hydrogen-bond acceptors (Lipinski definition) is 5. The highest BCUT2D eigenvalue weighted by molar-refractivity contribution is 6.62. The molecule has 0 saturated carbocycles. The largest absolute Gasteiger partial charge is 0.494 e. The Morgan fingerprint density at radius 2 is 1.12 bits per heavy atom. The monoisotopic (exact) mass is 321 g/mol. The second-order valence-electron chi connectivity index (χ2n) is 6.32. The van der Waals surface area contributed by atoms with Crippen LogP contribution in [0.5, 0.6) is 0 Å². The van der Waals surface area contributed by atoms with Crippen LogP contribution in [0.25, 0.3) is 11.1 Å². The van der Waals surface area contributed by atoms with E-state index in [1.807, 2.05) is 0 Å². The normalized spacial score (nSPS) is 19.9. The number of nitrogens with two attached hydrogens (primary N) is 1. The summed E-state index contributed by atoms with van der Waals surface area (Å²) in [4.78, 5) is 0. The standard InChI is InChI=1S/C17H17B2NO4/c20-17-15-9-11(18-21-5-6-22-18)1-3-13(15)14-4-2-12(10-16(14)17)19-23-7-8-24-19/h1-4,9-10,17H,5-8,20H2. The SMILES string of the molecule is NC1c2cc(B3OCCO3)ccc2-c2ccc(B3OCCO3)cc21. The van der Waals surface area contributed by atoms with Crippen molar-refractivity contribution < 1.29 is 18.6 Å². The third-order valence-electron chi connectivity index (χ3n) is 4.90. The minimum atomic E-state index is -0.276. The molecular weight excluding hydrogens is 304 g/mol. The molecule has 2 fully saturated rings. The zero-order valence-electron chi connectivity index (χ0n) is 13.2.